The van der Waals surface area contributed by atoms with Crippen molar-refractivity contribution in [1.29, 1.82) is 0 Å². The Bertz CT molecular complexity index is 329. The van der Waals surface area contributed by atoms with Gasteiger partial charge in [-0.2, -0.15) is 16.9 Å². The molecule has 1 saturated heterocycles. The molecular formula is C10H14N2OS. The lowest BCUT2D eigenvalue weighted by molar-refractivity contribution is 0.0988. The molecule has 0 radical (unpaired) electrons. The highest BCUT2D eigenvalue weighted by Crippen LogP contribution is 2.28. The van der Waals surface area contributed by atoms with E-state index in [1.54, 1.807) is 22.6 Å². The molecule has 0 spiro atoms. The van der Waals surface area contributed by atoms with Crippen LogP contribution in [0.5, 0.6) is 0 Å². The third-order valence-corrected chi connectivity index (χ3v) is 3.84. The van der Waals surface area contributed by atoms with Crippen molar-refractivity contribution in [3.8, 4) is 0 Å². The first-order chi connectivity index (χ1) is 6.81. The molecule has 1 fully saturated rings. The molecule has 14 heavy (non-hydrogen) atoms. The molecule has 0 aromatic carbocycles. The summed E-state index contributed by atoms with van der Waals surface area (Å²) in [5.41, 5.74) is 0.770. The number of rotatable bonds is 3. The number of carbonyl (C=O) groups excluding carboxylic acids is 1. The molecule has 1 aromatic rings. The summed E-state index contributed by atoms with van der Waals surface area (Å²) >= 11 is 1.78. The quantitative estimate of drug-likeness (QED) is 0.715. The lowest BCUT2D eigenvalue weighted by Gasteiger charge is -2.03. The highest BCUT2D eigenvalue weighted by molar-refractivity contribution is 8.00. The molecule has 0 amide bonds. The van der Waals surface area contributed by atoms with Crippen molar-refractivity contribution in [2.75, 3.05) is 5.75 Å². The van der Waals surface area contributed by atoms with Crippen LogP contribution in [0.2, 0.25) is 0 Å². The van der Waals surface area contributed by atoms with Gasteiger partial charge in [0, 0.05) is 12.7 Å². The number of hydrogen-bond acceptors (Lipinski definition) is 3. The number of aromatic nitrogens is 2. The van der Waals surface area contributed by atoms with Crippen molar-refractivity contribution in [3.05, 3.63) is 18.0 Å². The molecule has 0 bridgehead atoms. The normalized spacial score (nSPS) is 21.4. The smallest absolute Gasteiger partial charge is 0.178 e. The number of nitrogens with zero attached hydrogens (tertiary/aromatic N) is 2. The van der Waals surface area contributed by atoms with Gasteiger partial charge in [0.1, 0.15) is 0 Å². The fourth-order valence-electron chi connectivity index (χ4n) is 1.63. The van der Waals surface area contributed by atoms with E-state index < -0.39 is 0 Å². The number of carbonyl (C=O) groups is 1. The fourth-order valence-corrected chi connectivity index (χ4v) is 2.87. The summed E-state index contributed by atoms with van der Waals surface area (Å²) < 4.78 is 1.80. The van der Waals surface area contributed by atoms with Gasteiger partial charge in [0.2, 0.25) is 0 Å². The zero-order chi connectivity index (χ0) is 9.97. The largest absolute Gasteiger partial charge is 0.293 e. The Balaban J connectivity index is 2.09. The second-order valence-electron chi connectivity index (χ2n) is 3.45. The lowest BCUT2D eigenvalue weighted by Crippen LogP contribution is -2.13. The first-order valence-electron chi connectivity index (χ1n) is 4.99. The van der Waals surface area contributed by atoms with Crippen molar-refractivity contribution in [3.63, 3.8) is 0 Å². The van der Waals surface area contributed by atoms with Gasteiger partial charge >= 0.3 is 0 Å². The van der Waals surface area contributed by atoms with Gasteiger partial charge in [-0.1, -0.05) is 0 Å². The highest BCUT2D eigenvalue weighted by atomic mass is 32.2. The standard InChI is InChI=1S/C10H14N2OS/c1-2-12-7-8(6-11-12)10(13)9-4-3-5-14-9/h6-7,9H,2-5H2,1H3. The molecule has 1 aliphatic heterocycles. The summed E-state index contributed by atoms with van der Waals surface area (Å²) in [5, 5.41) is 4.30. The van der Waals surface area contributed by atoms with Crippen molar-refractivity contribution in [2.45, 2.75) is 31.6 Å². The minimum atomic E-state index is 0.185. The van der Waals surface area contributed by atoms with Crippen LogP contribution in [0.25, 0.3) is 0 Å². The van der Waals surface area contributed by atoms with Crippen LogP contribution in [0.15, 0.2) is 12.4 Å². The molecule has 2 rings (SSSR count). The van der Waals surface area contributed by atoms with Gasteiger partial charge in [-0.3, -0.25) is 9.48 Å². The third kappa shape index (κ3) is 1.85. The minimum Gasteiger partial charge on any atom is -0.293 e. The predicted octanol–water partition coefficient (Wildman–Crippen LogP) is 1.98. The van der Waals surface area contributed by atoms with Gasteiger partial charge in [0.05, 0.1) is 17.0 Å². The van der Waals surface area contributed by atoms with Gasteiger partial charge in [0.25, 0.3) is 0 Å². The van der Waals surface area contributed by atoms with E-state index >= 15 is 0 Å². The lowest BCUT2D eigenvalue weighted by atomic mass is 10.1. The molecule has 1 aromatic heterocycles. The Morgan fingerprint density at radius 1 is 1.79 bits per heavy atom. The first kappa shape index (κ1) is 9.77. The summed E-state index contributed by atoms with van der Waals surface area (Å²) in [7, 11) is 0. The average Bonchev–Trinajstić information content (AvgIpc) is 2.88. The van der Waals surface area contributed by atoms with Gasteiger partial charge in [-0.15, -0.1) is 0 Å². The Morgan fingerprint density at radius 2 is 2.64 bits per heavy atom. The molecule has 76 valence electrons. The molecule has 0 aliphatic carbocycles. The van der Waals surface area contributed by atoms with Crippen LogP contribution in [0.3, 0.4) is 0 Å². The number of aryl methyl sites for hydroxylation is 1. The Hall–Kier alpha value is -0.770. The van der Waals surface area contributed by atoms with E-state index in [4.69, 9.17) is 0 Å². The summed E-state index contributed by atoms with van der Waals surface area (Å²) in [6.07, 6.45) is 5.73. The molecule has 1 atom stereocenters. The summed E-state index contributed by atoms with van der Waals surface area (Å²) in [5.74, 6) is 1.38. The average molecular weight is 210 g/mol. The third-order valence-electron chi connectivity index (χ3n) is 2.46. The van der Waals surface area contributed by atoms with E-state index in [0.717, 1.165) is 24.3 Å². The number of hydrogen-bond donors (Lipinski definition) is 0. The number of ketones is 1. The first-order valence-corrected chi connectivity index (χ1v) is 6.04. The number of thioether (sulfide) groups is 1. The van der Waals surface area contributed by atoms with Gasteiger partial charge in [-0.25, -0.2) is 0 Å². The van der Waals surface area contributed by atoms with E-state index in [0.29, 0.717) is 0 Å². The Morgan fingerprint density at radius 3 is 3.21 bits per heavy atom. The van der Waals surface area contributed by atoms with Crippen LogP contribution in [-0.2, 0) is 6.54 Å². The maximum Gasteiger partial charge on any atom is 0.178 e. The highest BCUT2D eigenvalue weighted by Gasteiger charge is 2.25. The maximum absolute atomic E-state index is 11.9. The van der Waals surface area contributed by atoms with Crippen molar-refractivity contribution >= 4 is 17.5 Å². The summed E-state index contributed by atoms with van der Waals surface area (Å²) in [6, 6.07) is 0. The van der Waals surface area contributed by atoms with Crippen molar-refractivity contribution in [1.82, 2.24) is 9.78 Å². The molecule has 4 heteroatoms. The Labute approximate surface area is 87.9 Å². The maximum atomic E-state index is 11.9. The molecule has 3 nitrogen and oxygen atoms in total. The minimum absolute atomic E-state index is 0.185. The van der Waals surface area contributed by atoms with Crippen molar-refractivity contribution in [2.24, 2.45) is 0 Å². The van der Waals surface area contributed by atoms with Crippen LogP contribution in [0.4, 0.5) is 0 Å². The van der Waals surface area contributed by atoms with Gasteiger partial charge in [-0.05, 0) is 25.5 Å². The SMILES string of the molecule is CCn1cc(C(=O)C2CCCS2)cn1. The van der Waals surface area contributed by atoms with E-state index in [1.165, 1.54) is 6.42 Å². The second kappa shape index (κ2) is 4.17. The summed E-state index contributed by atoms with van der Waals surface area (Å²) in [4.78, 5) is 11.9. The molecular weight excluding hydrogens is 196 g/mol. The van der Waals surface area contributed by atoms with E-state index in [2.05, 4.69) is 5.10 Å². The van der Waals surface area contributed by atoms with Crippen LogP contribution in [0.1, 0.15) is 30.1 Å². The molecule has 2 heterocycles. The van der Waals surface area contributed by atoms with E-state index in [1.807, 2.05) is 13.1 Å². The fraction of sp³-hybridized carbons (Fsp3) is 0.600. The van der Waals surface area contributed by atoms with Gasteiger partial charge < -0.3 is 0 Å². The zero-order valence-electron chi connectivity index (χ0n) is 8.27. The van der Waals surface area contributed by atoms with Gasteiger partial charge in [0.15, 0.2) is 5.78 Å². The predicted molar refractivity (Wildman–Crippen MR) is 57.7 cm³/mol. The molecule has 1 unspecified atom stereocenters. The van der Waals surface area contributed by atoms with Crippen molar-refractivity contribution < 1.29 is 4.79 Å². The zero-order valence-corrected chi connectivity index (χ0v) is 9.09. The van der Waals surface area contributed by atoms with Crippen LogP contribution >= 0.6 is 11.8 Å². The van der Waals surface area contributed by atoms with Crippen LogP contribution < -0.4 is 0 Å². The molecule has 0 N–H and O–H groups in total. The number of Topliss-reactive ketones (excluding diaryl/α,β-unsaturated/α-hetero) is 1. The molecule has 0 saturated carbocycles. The van der Waals surface area contributed by atoms with E-state index in [9.17, 15) is 4.79 Å². The van der Waals surface area contributed by atoms with Crippen LogP contribution in [0, 0.1) is 0 Å². The second-order valence-corrected chi connectivity index (χ2v) is 4.76. The summed E-state index contributed by atoms with van der Waals surface area (Å²) in [6.45, 7) is 2.84. The monoisotopic (exact) mass is 210 g/mol. The van der Waals surface area contributed by atoms with Crippen LogP contribution in [-0.4, -0.2) is 26.6 Å². The van der Waals surface area contributed by atoms with E-state index in [-0.39, 0.29) is 11.0 Å². The Kier molecular flexibility index (Phi) is 2.91. The molecule has 1 aliphatic rings. The topological polar surface area (TPSA) is 34.9 Å².